The number of fused-ring (bicyclic) bond motifs is 1. The Morgan fingerprint density at radius 3 is 2.89 bits per heavy atom. The monoisotopic (exact) mass is 393 g/mol. The molecule has 142 valence electrons. The first kappa shape index (κ1) is 18.2. The predicted octanol–water partition coefficient (Wildman–Crippen LogP) is 3.31. The Labute approximate surface area is 166 Å². The zero-order chi connectivity index (χ0) is 19.5. The molecule has 1 N–H and O–H groups in total. The zero-order valence-electron chi connectivity index (χ0n) is 15.3. The van der Waals surface area contributed by atoms with Crippen LogP contribution in [0, 0.1) is 6.92 Å². The maximum Gasteiger partial charge on any atom is 0.271 e. The lowest BCUT2D eigenvalue weighted by Gasteiger charge is -2.28. The molecule has 0 bridgehead atoms. The number of aryl methyl sites for hydroxylation is 1. The number of anilines is 1. The van der Waals surface area contributed by atoms with Crippen molar-refractivity contribution in [2.75, 3.05) is 11.5 Å². The van der Waals surface area contributed by atoms with Crippen LogP contribution in [0.3, 0.4) is 0 Å². The average molecular weight is 393 g/mol. The minimum absolute atomic E-state index is 0.00620. The van der Waals surface area contributed by atoms with Gasteiger partial charge in [-0.15, -0.1) is 11.3 Å². The van der Waals surface area contributed by atoms with Gasteiger partial charge in [-0.25, -0.2) is 4.98 Å². The van der Waals surface area contributed by atoms with Crippen LogP contribution in [0.2, 0.25) is 0 Å². The largest absolute Gasteiger partial charge is 0.482 e. The fourth-order valence-corrected chi connectivity index (χ4v) is 3.74. The molecule has 2 amide bonds. The van der Waals surface area contributed by atoms with Crippen LogP contribution in [0.4, 0.5) is 5.69 Å². The van der Waals surface area contributed by atoms with Gasteiger partial charge in [0.05, 0.1) is 12.2 Å². The molecule has 0 spiro atoms. The number of nitrogens with one attached hydrogen (secondary N) is 1. The van der Waals surface area contributed by atoms with Crippen molar-refractivity contribution >= 4 is 28.8 Å². The number of hydrogen-bond donors (Lipinski definition) is 1. The molecule has 0 fully saturated rings. The summed E-state index contributed by atoms with van der Waals surface area (Å²) in [4.78, 5) is 30.8. The zero-order valence-corrected chi connectivity index (χ0v) is 16.2. The Kier molecular flexibility index (Phi) is 5.08. The molecule has 1 aliphatic rings. The summed E-state index contributed by atoms with van der Waals surface area (Å²) in [5.74, 6) is 0.342. The van der Waals surface area contributed by atoms with E-state index in [2.05, 4.69) is 10.3 Å². The van der Waals surface area contributed by atoms with E-state index < -0.39 is 0 Å². The van der Waals surface area contributed by atoms with Gasteiger partial charge in [-0.3, -0.25) is 14.5 Å². The molecule has 0 radical (unpaired) electrons. The van der Waals surface area contributed by atoms with E-state index in [1.165, 1.54) is 11.3 Å². The van der Waals surface area contributed by atoms with Crippen molar-refractivity contribution in [2.45, 2.75) is 20.0 Å². The van der Waals surface area contributed by atoms with Gasteiger partial charge in [0.2, 0.25) is 0 Å². The molecule has 28 heavy (non-hydrogen) atoms. The minimum Gasteiger partial charge on any atom is -0.482 e. The maximum absolute atomic E-state index is 12.4. The van der Waals surface area contributed by atoms with Crippen LogP contribution in [0.15, 0.2) is 53.9 Å². The van der Waals surface area contributed by atoms with Crippen molar-refractivity contribution < 1.29 is 14.3 Å². The highest BCUT2D eigenvalue weighted by Crippen LogP contribution is 2.34. The standard InChI is InChI=1S/C21H19N3O3S/c1-14-7-8-17-18(9-14)27-12-20(25)24(17)11-19-23-16(13-28-19)21(26)22-10-15-5-3-2-4-6-15/h2-9,13H,10-12H2,1H3,(H,22,26). The van der Waals surface area contributed by atoms with Gasteiger partial charge in [-0.2, -0.15) is 0 Å². The van der Waals surface area contributed by atoms with E-state index >= 15 is 0 Å². The molecule has 1 aromatic heterocycles. The summed E-state index contributed by atoms with van der Waals surface area (Å²) in [5, 5.41) is 5.29. The van der Waals surface area contributed by atoms with Gasteiger partial charge >= 0.3 is 0 Å². The highest BCUT2D eigenvalue weighted by Gasteiger charge is 2.26. The van der Waals surface area contributed by atoms with Crippen molar-refractivity contribution in [1.82, 2.24) is 10.3 Å². The molecule has 1 aliphatic heterocycles. The van der Waals surface area contributed by atoms with Crippen LogP contribution in [0.5, 0.6) is 5.75 Å². The summed E-state index contributed by atoms with van der Waals surface area (Å²) < 4.78 is 5.53. The Morgan fingerprint density at radius 2 is 2.07 bits per heavy atom. The van der Waals surface area contributed by atoms with E-state index in [0.29, 0.717) is 29.5 Å². The van der Waals surface area contributed by atoms with Crippen LogP contribution < -0.4 is 15.0 Å². The Bertz CT molecular complexity index is 1020. The Morgan fingerprint density at radius 1 is 1.25 bits per heavy atom. The number of amides is 2. The van der Waals surface area contributed by atoms with Gasteiger partial charge in [-0.1, -0.05) is 36.4 Å². The summed E-state index contributed by atoms with van der Waals surface area (Å²) in [6.45, 7) is 2.74. The van der Waals surface area contributed by atoms with Crippen molar-refractivity contribution in [3.8, 4) is 5.75 Å². The average Bonchev–Trinajstić information content (AvgIpc) is 3.18. The van der Waals surface area contributed by atoms with Gasteiger partial charge in [0.15, 0.2) is 6.61 Å². The van der Waals surface area contributed by atoms with Gasteiger partial charge in [0.25, 0.3) is 11.8 Å². The Hall–Kier alpha value is -3.19. The summed E-state index contributed by atoms with van der Waals surface area (Å²) in [7, 11) is 0. The van der Waals surface area contributed by atoms with Crippen molar-refractivity contribution in [1.29, 1.82) is 0 Å². The quantitative estimate of drug-likeness (QED) is 0.722. The summed E-state index contributed by atoms with van der Waals surface area (Å²) in [6.07, 6.45) is 0. The van der Waals surface area contributed by atoms with E-state index in [1.807, 2.05) is 55.5 Å². The maximum atomic E-state index is 12.4. The number of aromatic nitrogens is 1. The molecule has 3 aromatic rings. The number of rotatable bonds is 5. The molecule has 4 rings (SSSR count). The highest BCUT2D eigenvalue weighted by molar-refractivity contribution is 7.09. The van der Waals surface area contributed by atoms with Crippen LogP contribution in [-0.4, -0.2) is 23.4 Å². The Balaban J connectivity index is 1.45. The number of carbonyl (C=O) groups excluding carboxylic acids is 2. The van der Waals surface area contributed by atoms with Crippen LogP contribution in [-0.2, 0) is 17.9 Å². The summed E-state index contributed by atoms with van der Waals surface area (Å²) in [5.41, 5.74) is 3.18. The van der Waals surface area contributed by atoms with Gasteiger partial charge in [0, 0.05) is 11.9 Å². The molecule has 0 saturated heterocycles. The third kappa shape index (κ3) is 3.89. The van der Waals surface area contributed by atoms with Crippen LogP contribution in [0.25, 0.3) is 0 Å². The normalized spacial score (nSPS) is 13.0. The number of thiazole rings is 1. The smallest absolute Gasteiger partial charge is 0.271 e. The molecule has 0 aliphatic carbocycles. The number of nitrogens with zero attached hydrogens (tertiary/aromatic N) is 2. The van der Waals surface area contributed by atoms with Crippen molar-refractivity contribution in [3.63, 3.8) is 0 Å². The van der Waals surface area contributed by atoms with Gasteiger partial charge < -0.3 is 10.1 Å². The topological polar surface area (TPSA) is 71.5 Å². The first-order chi connectivity index (χ1) is 13.6. The lowest BCUT2D eigenvalue weighted by Crippen LogP contribution is -2.38. The van der Waals surface area contributed by atoms with E-state index in [9.17, 15) is 9.59 Å². The van der Waals surface area contributed by atoms with Crippen LogP contribution >= 0.6 is 11.3 Å². The molecule has 2 aromatic carbocycles. The minimum atomic E-state index is -0.226. The fraction of sp³-hybridized carbons (Fsp3) is 0.190. The second kappa shape index (κ2) is 7.82. The van der Waals surface area contributed by atoms with E-state index in [4.69, 9.17) is 4.74 Å². The molecular weight excluding hydrogens is 374 g/mol. The SMILES string of the molecule is Cc1ccc2c(c1)OCC(=O)N2Cc1nc(C(=O)NCc2ccccc2)cs1. The van der Waals surface area contributed by atoms with E-state index in [0.717, 1.165) is 16.8 Å². The number of benzene rings is 2. The molecule has 0 unspecified atom stereocenters. The molecule has 7 heteroatoms. The third-order valence-corrected chi connectivity index (χ3v) is 5.27. The first-order valence-corrected chi connectivity index (χ1v) is 9.78. The first-order valence-electron chi connectivity index (χ1n) is 8.90. The van der Waals surface area contributed by atoms with E-state index in [1.54, 1.807) is 10.3 Å². The molecule has 0 saturated carbocycles. The number of carbonyl (C=O) groups is 2. The number of hydrogen-bond acceptors (Lipinski definition) is 5. The van der Waals surface area contributed by atoms with Gasteiger partial charge in [-0.05, 0) is 30.2 Å². The van der Waals surface area contributed by atoms with Gasteiger partial charge in [0.1, 0.15) is 16.5 Å². The number of ether oxygens (including phenoxy) is 1. The summed E-state index contributed by atoms with van der Waals surface area (Å²) >= 11 is 1.37. The lowest BCUT2D eigenvalue weighted by molar-refractivity contribution is -0.121. The lowest BCUT2D eigenvalue weighted by atomic mass is 10.1. The summed E-state index contributed by atoms with van der Waals surface area (Å²) in [6, 6.07) is 15.4. The van der Waals surface area contributed by atoms with Crippen molar-refractivity contribution in [3.05, 3.63) is 75.7 Å². The fourth-order valence-electron chi connectivity index (χ4n) is 2.98. The second-order valence-corrected chi connectivity index (χ2v) is 7.48. The third-order valence-electron chi connectivity index (χ3n) is 4.43. The molecule has 2 heterocycles. The highest BCUT2D eigenvalue weighted by atomic mass is 32.1. The molecular formula is C21H19N3O3S. The molecule has 6 nitrogen and oxygen atoms in total. The van der Waals surface area contributed by atoms with Crippen molar-refractivity contribution in [2.24, 2.45) is 0 Å². The van der Waals surface area contributed by atoms with Crippen LogP contribution in [0.1, 0.15) is 26.6 Å². The predicted molar refractivity (Wildman–Crippen MR) is 108 cm³/mol. The van der Waals surface area contributed by atoms with E-state index in [-0.39, 0.29) is 18.4 Å². The second-order valence-electron chi connectivity index (χ2n) is 6.53. The molecule has 0 atom stereocenters.